The summed E-state index contributed by atoms with van der Waals surface area (Å²) in [5.41, 5.74) is 6.81. The number of aromatic nitrogens is 2. The van der Waals surface area contributed by atoms with Crippen LogP contribution >= 0.6 is 0 Å². The third-order valence-corrected chi connectivity index (χ3v) is 6.45. The maximum Gasteiger partial charge on any atom is 0.280 e. The highest BCUT2D eigenvalue weighted by molar-refractivity contribution is 6.35. The highest BCUT2D eigenvalue weighted by atomic mass is 16.2. The van der Waals surface area contributed by atoms with E-state index in [1.807, 2.05) is 130 Å². The van der Waals surface area contributed by atoms with E-state index in [1.54, 1.807) is 6.21 Å². The van der Waals surface area contributed by atoms with Crippen molar-refractivity contribution in [2.75, 3.05) is 43.0 Å². The van der Waals surface area contributed by atoms with Gasteiger partial charge in [0.25, 0.3) is 5.91 Å². The van der Waals surface area contributed by atoms with Crippen LogP contribution in [-0.2, 0) is 4.79 Å². The zero-order valence-electron chi connectivity index (χ0n) is 22.3. The van der Waals surface area contributed by atoms with Gasteiger partial charge in [-0.25, -0.2) is 9.97 Å². The van der Waals surface area contributed by atoms with Gasteiger partial charge in [0.05, 0.1) is 23.0 Å². The second-order valence-electron chi connectivity index (χ2n) is 9.59. The van der Waals surface area contributed by atoms with E-state index in [0.717, 1.165) is 33.8 Å². The summed E-state index contributed by atoms with van der Waals surface area (Å²) < 4.78 is 0. The topological polar surface area (TPSA) is 64.9 Å². The lowest BCUT2D eigenvalue weighted by atomic mass is 10.0. The first-order valence-electron chi connectivity index (χ1n) is 12.4. The molecular weight excluding hydrogens is 472 g/mol. The summed E-state index contributed by atoms with van der Waals surface area (Å²) in [7, 11) is 7.99. The Balaban J connectivity index is 1.59. The molecule has 0 fully saturated rings. The number of rotatable bonds is 6. The van der Waals surface area contributed by atoms with Crippen molar-refractivity contribution in [3.8, 4) is 11.4 Å². The summed E-state index contributed by atoms with van der Waals surface area (Å²) in [4.78, 5) is 27.4. The Kier molecular flexibility index (Phi) is 6.75. The molecule has 1 aliphatic rings. The fourth-order valence-electron chi connectivity index (χ4n) is 4.32. The Bertz CT molecular complexity index is 1520. The van der Waals surface area contributed by atoms with E-state index >= 15 is 0 Å². The summed E-state index contributed by atoms with van der Waals surface area (Å²) in [6.07, 6.45) is 3.58. The number of fused-ring (bicyclic) bond motifs is 1. The maximum absolute atomic E-state index is 13.8. The molecule has 0 atom stereocenters. The number of aryl methyl sites for hydroxylation is 1. The van der Waals surface area contributed by atoms with Crippen LogP contribution in [0.4, 0.5) is 17.2 Å². The minimum Gasteiger partial charge on any atom is -0.378 e. The van der Waals surface area contributed by atoms with Gasteiger partial charge in [-0.3, -0.25) is 4.79 Å². The predicted octanol–water partition coefficient (Wildman–Crippen LogP) is 5.51. The van der Waals surface area contributed by atoms with E-state index in [-0.39, 0.29) is 5.91 Å². The SMILES string of the molecule is Cc1nc(-c2ccccc2)nc2c1/C(=C/c1ccc(N(C)C)cc1)C(=O)N2/N=C/c1ccc(N(C)C)cc1. The first-order valence-corrected chi connectivity index (χ1v) is 12.4. The fraction of sp³-hybridized carbons (Fsp3) is 0.161. The van der Waals surface area contributed by atoms with Crippen molar-refractivity contribution in [1.82, 2.24) is 9.97 Å². The summed E-state index contributed by atoms with van der Waals surface area (Å²) in [6.45, 7) is 1.91. The minimum atomic E-state index is -0.236. The van der Waals surface area contributed by atoms with Crippen LogP contribution < -0.4 is 14.8 Å². The lowest BCUT2D eigenvalue weighted by Gasteiger charge is -2.12. The van der Waals surface area contributed by atoms with Gasteiger partial charge >= 0.3 is 0 Å². The molecule has 7 nitrogen and oxygen atoms in total. The normalized spacial score (nSPS) is 13.9. The zero-order chi connectivity index (χ0) is 26.8. The molecule has 0 unspecified atom stereocenters. The molecular formula is C31H30N6O. The Morgan fingerprint density at radius 1 is 0.763 bits per heavy atom. The largest absolute Gasteiger partial charge is 0.378 e. The van der Waals surface area contributed by atoms with Crippen LogP contribution in [-0.4, -0.2) is 50.3 Å². The number of nitrogens with zero attached hydrogens (tertiary/aromatic N) is 6. The van der Waals surface area contributed by atoms with Crippen LogP contribution in [0, 0.1) is 6.92 Å². The van der Waals surface area contributed by atoms with Crippen LogP contribution in [0.3, 0.4) is 0 Å². The van der Waals surface area contributed by atoms with Gasteiger partial charge < -0.3 is 9.80 Å². The first-order chi connectivity index (χ1) is 18.3. The van der Waals surface area contributed by atoms with E-state index in [0.29, 0.717) is 22.8 Å². The molecule has 190 valence electrons. The Hall–Kier alpha value is -4.78. The van der Waals surface area contributed by atoms with Crippen molar-refractivity contribution in [3.63, 3.8) is 0 Å². The van der Waals surface area contributed by atoms with E-state index in [9.17, 15) is 4.79 Å². The predicted molar refractivity (Wildman–Crippen MR) is 157 cm³/mol. The molecule has 2 heterocycles. The number of carbonyl (C=O) groups is 1. The summed E-state index contributed by atoms with van der Waals surface area (Å²) in [5.74, 6) is 0.806. The average molecular weight is 503 g/mol. The lowest BCUT2D eigenvalue weighted by molar-refractivity contribution is -0.113. The standard InChI is InChI=1S/C31H30N6O/c1-21-28-27(19-22-11-15-25(16-12-22)35(2)3)31(38)37(32-20-23-13-17-26(18-14-23)36(4)5)30(28)34-29(33-21)24-9-7-6-8-10-24/h6-20H,1-5H3/b27-19-,32-20+. The number of benzene rings is 3. The molecule has 0 saturated heterocycles. The first kappa shape index (κ1) is 24.9. The smallest absolute Gasteiger partial charge is 0.280 e. The highest BCUT2D eigenvalue weighted by Crippen LogP contribution is 2.39. The monoisotopic (exact) mass is 502 g/mol. The van der Waals surface area contributed by atoms with E-state index in [4.69, 9.17) is 9.97 Å². The highest BCUT2D eigenvalue weighted by Gasteiger charge is 2.36. The zero-order valence-corrected chi connectivity index (χ0v) is 22.3. The summed E-state index contributed by atoms with van der Waals surface area (Å²) >= 11 is 0. The molecule has 38 heavy (non-hydrogen) atoms. The molecule has 7 heteroatoms. The number of hydrogen-bond acceptors (Lipinski definition) is 6. The third kappa shape index (κ3) is 4.91. The van der Waals surface area contributed by atoms with Crippen LogP contribution in [0.25, 0.3) is 23.0 Å². The van der Waals surface area contributed by atoms with Crippen LogP contribution in [0.15, 0.2) is 84.0 Å². The van der Waals surface area contributed by atoms with Gasteiger partial charge in [-0.2, -0.15) is 10.1 Å². The van der Waals surface area contributed by atoms with Gasteiger partial charge in [0.2, 0.25) is 0 Å². The molecule has 0 spiro atoms. The van der Waals surface area contributed by atoms with Gasteiger partial charge in [0.1, 0.15) is 0 Å². The van der Waals surface area contributed by atoms with Crippen molar-refractivity contribution >= 4 is 41.0 Å². The number of anilines is 3. The molecule has 0 radical (unpaired) electrons. The lowest BCUT2D eigenvalue weighted by Crippen LogP contribution is -2.21. The average Bonchev–Trinajstić information content (AvgIpc) is 3.19. The van der Waals surface area contributed by atoms with Crippen molar-refractivity contribution in [2.45, 2.75) is 6.92 Å². The number of carbonyl (C=O) groups excluding carboxylic acids is 1. The quantitative estimate of drug-likeness (QED) is 0.257. The molecule has 1 aromatic heterocycles. The molecule has 1 amide bonds. The van der Waals surface area contributed by atoms with Gasteiger partial charge in [-0.05, 0) is 48.4 Å². The number of hydrogen-bond donors (Lipinski definition) is 0. The minimum absolute atomic E-state index is 0.236. The van der Waals surface area contributed by atoms with Crippen molar-refractivity contribution in [1.29, 1.82) is 0 Å². The molecule has 5 rings (SSSR count). The second kappa shape index (κ2) is 10.3. The van der Waals surface area contributed by atoms with Crippen molar-refractivity contribution in [3.05, 3.63) is 101 Å². The van der Waals surface area contributed by atoms with Gasteiger partial charge in [-0.1, -0.05) is 54.6 Å². The van der Waals surface area contributed by atoms with Crippen molar-refractivity contribution in [2.24, 2.45) is 5.10 Å². The Morgan fingerprint density at radius 3 is 1.92 bits per heavy atom. The van der Waals surface area contributed by atoms with Gasteiger partial charge in [0.15, 0.2) is 11.6 Å². The van der Waals surface area contributed by atoms with Crippen LogP contribution in [0.1, 0.15) is 22.4 Å². The van der Waals surface area contributed by atoms with Gasteiger partial charge in [0, 0.05) is 45.1 Å². The third-order valence-electron chi connectivity index (χ3n) is 6.45. The van der Waals surface area contributed by atoms with E-state index in [1.165, 1.54) is 5.01 Å². The second-order valence-corrected chi connectivity index (χ2v) is 9.59. The molecule has 0 N–H and O–H groups in total. The van der Waals surface area contributed by atoms with Crippen molar-refractivity contribution < 1.29 is 4.79 Å². The van der Waals surface area contributed by atoms with E-state index < -0.39 is 0 Å². The van der Waals surface area contributed by atoms with Gasteiger partial charge in [-0.15, -0.1) is 0 Å². The molecule has 4 aromatic rings. The van der Waals surface area contributed by atoms with Crippen LogP contribution in [0.2, 0.25) is 0 Å². The molecule has 0 saturated carbocycles. The number of amides is 1. The Morgan fingerprint density at radius 2 is 1.34 bits per heavy atom. The Labute approximate surface area is 223 Å². The summed E-state index contributed by atoms with van der Waals surface area (Å²) in [6, 6.07) is 25.8. The molecule has 1 aliphatic heterocycles. The maximum atomic E-state index is 13.8. The molecule has 3 aromatic carbocycles. The summed E-state index contributed by atoms with van der Waals surface area (Å²) in [5, 5.41) is 5.99. The molecule has 0 bridgehead atoms. The number of hydrazone groups is 1. The van der Waals surface area contributed by atoms with E-state index in [2.05, 4.69) is 5.10 Å². The van der Waals surface area contributed by atoms with Crippen LogP contribution in [0.5, 0.6) is 0 Å². The molecule has 0 aliphatic carbocycles. The fourth-order valence-corrected chi connectivity index (χ4v) is 4.32.